The van der Waals surface area contributed by atoms with E-state index in [2.05, 4.69) is 27.0 Å². The first-order valence-corrected chi connectivity index (χ1v) is 11.2. The second-order valence-electron chi connectivity index (χ2n) is 7.45. The molecule has 2 aromatic carbocycles. The van der Waals surface area contributed by atoms with E-state index < -0.39 is 0 Å². The van der Waals surface area contributed by atoms with Gasteiger partial charge in [-0.05, 0) is 55.2 Å². The van der Waals surface area contributed by atoms with Crippen LogP contribution in [0.15, 0.2) is 40.9 Å². The molecule has 0 spiro atoms. The first-order chi connectivity index (χ1) is 15.0. The molecule has 0 fully saturated rings. The summed E-state index contributed by atoms with van der Waals surface area (Å²) in [6.07, 6.45) is 4.07. The highest BCUT2D eigenvalue weighted by Gasteiger charge is 2.25. The number of aromatic amines is 1. The van der Waals surface area contributed by atoms with Crippen molar-refractivity contribution in [3.63, 3.8) is 0 Å². The van der Waals surface area contributed by atoms with Gasteiger partial charge in [0.25, 0.3) is 5.82 Å². The third-order valence-electron chi connectivity index (χ3n) is 5.53. The molecule has 0 unspecified atom stereocenters. The normalized spacial score (nSPS) is 12.7. The number of nitriles is 1. The highest BCUT2D eigenvalue weighted by molar-refractivity contribution is 9.10. The average molecular weight is 500 g/mol. The van der Waals surface area contributed by atoms with Gasteiger partial charge in [-0.3, -0.25) is 5.73 Å². The Hall–Kier alpha value is -2.75. The molecule has 0 aliphatic heterocycles. The highest BCUT2D eigenvalue weighted by atomic mass is 79.9. The summed E-state index contributed by atoms with van der Waals surface area (Å²) in [6.45, 7) is 0.275. The third-order valence-corrected chi connectivity index (χ3v) is 6.32. The number of hydrogen-bond acceptors (Lipinski definition) is 4. The van der Waals surface area contributed by atoms with Gasteiger partial charge in [-0.25, -0.2) is 4.98 Å². The summed E-state index contributed by atoms with van der Waals surface area (Å²) in [5.41, 5.74) is 11.7. The van der Waals surface area contributed by atoms with Crippen LogP contribution in [0.4, 0.5) is 5.82 Å². The standard InChI is InChI=1S/C24H21BrClN3O2/c1-30-21-8-6-14(10-15(21)13-31-22-9-7-16(25)11-19(22)26)23-17-4-2-3-5-20(17)29-24(28)18(23)12-27/h6-11H,2-5,13H2,1H3,(H2,28,29)/p+1. The van der Waals surface area contributed by atoms with Crippen LogP contribution in [-0.4, -0.2) is 7.11 Å². The number of hydrogen-bond donors (Lipinski definition) is 1. The van der Waals surface area contributed by atoms with Gasteiger partial charge < -0.3 is 9.47 Å². The van der Waals surface area contributed by atoms with Crippen LogP contribution in [0.3, 0.4) is 0 Å². The van der Waals surface area contributed by atoms with Gasteiger partial charge in [-0.1, -0.05) is 33.6 Å². The summed E-state index contributed by atoms with van der Waals surface area (Å²) >= 11 is 9.69. The molecule has 4 rings (SSSR count). The molecule has 0 saturated heterocycles. The van der Waals surface area contributed by atoms with Crippen LogP contribution in [0.2, 0.25) is 5.02 Å². The van der Waals surface area contributed by atoms with Gasteiger partial charge in [-0.15, -0.1) is 0 Å². The summed E-state index contributed by atoms with van der Waals surface area (Å²) in [5, 5.41) is 10.3. The Morgan fingerprint density at radius 2 is 1.94 bits per heavy atom. The molecule has 31 heavy (non-hydrogen) atoms. The molecule has 5 nitrogen and oxygen atoms in total. The Kier molecular flexibility index (Phi) is 6.35. The molecule has 1 aliphatic carbocycles. The number of benzene rings is 2. The minimum absolute atomic E-state index is 0.275. The smallest absolute Gasteiger partial charge is 0.289 e. The molecule has 3 N–H and O–H groups in total. The van der Waals surface area contributed by atoms with Gasteiger partial charge in [-0.2, -0.15) is 5.26 Å². The van der Waals surface area contributed by atoms with Crippen LogP contribution in [0.25, 0.3) is 11.1 Å². The van der Waals surface area contributed by atoms with Crippen molar-refractivity contribution < 1.29 is 14.5 Å². The van der Waals surface area contributed by atoms with E-state index in [9.17, 15) is 5.26 Å². The second-order valence-corrected chi connectivity index (χ2v) is 8.78. The summed E-state index contributed by atoms with van der Waals surface area (Å²) in [7, 11) is 1.63. The lowest BCUT2D eigenvalue weighted by molar-refractivity contribution is -0.374. The number of rotatable bonds is 5. The molecule has 0 atom stereocenters. The van der Waals surface area contributed by atoms with E-state index in [1.54, 1.807) is 13.2 Å². The Morgan fingerprint density at radius 1 is 1.16 bits per heavy atom. The maximum Gasteiger partial charge on any atom is 0.289 e. The lowest BCUT2D eigenvalue weighted by Crippen LogP contribution is -2.24. The van der Waals surface area contributed by atoms with E-state index in [-0.39, 0.29) is 6.61 Å². The molecular weight excluding hydrogens is 478 g/mol. The molecule has 1 aromatic heterocycles. The van der Waals surface area contributed by atoms with Crippen LogP contribution in [-0.2, 0) is 19.4 Å². The van der Waals surface area contributed by atoms with Crippen molar-refractivity contribution in [1.82, 2.24) is 0 Å². The van der Waals surface area contributed by atoms with E-state index >= 15 is 0 Å². The van der Waals surface area contributed by atoms with Crippen molar-refractivity contribution in [2.24, 2.45) is 0 Å². The van der Waals surface area contributed by atoms with Crippen molar-refractivity contribution in [3.8, 4) is 28.7 Å². The number of fused-ring (bicyclic) bond motifs is 1. The number of nitrogens with one attached hydrogen (secondary N) is 1. The second kappa shape index (κ2) is 9.17. The first-order valence-electron chi connectivity index (χ1n) is 10.0. The van der Waals surface area contributed by atoms with Gasteiger partial charge >= 0.3 is 0 Å². The van der Waals surface area contributed by atoms with Crippen molar-refractivity contribution in [2.75, 3.05) is 12.8 Å². The summed E-state index contributed by atoms with van der Waals surface area (Å²) in [4.78, 5) is 3.24. The predicted octanol–water partition coefficient (Wildman–Crippen LogP) is 5.50. The maximum atomic E-state index is 9.82. The molecule has 1 aliphatic rings. The molecular formula is C24H22BrClN3O2+. The molecule has 0 bridgehead atoms. The zero-order chi connectivity index (χ0) is 22.0. The van der Waals surface area contributed by atoms with Crippen LogP contribution >= 0.6 is 27.5 Å². The number of ether oxygens (including phenoxy) is 2. The molecule has 7 heteroatoms. The maximum absolute atomic E-state index is 9.82. The van der Waals surface area contributed by atoms with Crippen LogP contribution in [0.5, 0.6) is 11.5 Å². The van der Waals surface area contributed by atoms with Crippen LogP contribution in [0.1, 0.15) is 35.2 Å². The fourth-order valence-electron chi connectivity index (χ4n) is 4.06. The van der Waals surface area contributed by atoms with E-state index in [1.807, 2.05) is 30.3 Å². The first kappa shape index (κ1) is 21.5. The van der Waals surface area contributed by atoms with Gasteiger partial charge in [0, 0.05) is 27.6 Å². The van der Waals surface area contributed by atoms with Gasteiger partial charge in [0.1, 0.15) is 35.4 Å². The molecule has 158 valence electrons. The van der Waals surface area contributed by atoms with E-state index in [0.29, 0.717) is 27.9 Å². The Balaban J connectivity index is 1.76. The van der Waals surface area contributed by atoms with Crippen LogP contribution < -0.4 is 20.2 Å². The van der Waals surface area contributed by atoms with E-state index in [1.165, 1.54) is 5.56 Å². The van der Waals surface area contributed by atoms with Crippen molar-refractivity contribution >= 4 is 33.3 Å². The summed E-state index contributed by atoms with van der Waals surface area (Å²) in [6, 6.07) is 13.7. The number of aryl methyl sites for hydroxylation is 1. The molecule has 0 amide bonds. The Labute approximate surface area is 194 Å². The molecule has 1 heterocycles. The van der Waals surface area contributed by atoms with Gasteiger partial charge in [0.2, 0.25) is 0 Å². The number of methoxy groups -OCH3 is 1. The average Bonchev–Trinajstić information content (AvgIpc) is 2.77. The lowest BCUT2D eigenvalue weighted by atomic mass is 9.86. The zero-order valence-electron chi connectivity index (χ0n) is 17.1. The number of anilines is 1. The minimum atomic E-state index is 0.275. The minimum Gasteiger partial charge on any atom is -0.496 e. The number of H-pyrrole nitrogens is 1. The Morgan fingerprint density at radius 3 is 2.68 bits per heavy atom. The number of pyridine rings is 1. The number of halogens is 2. The number of nitrogens with zero attached hydrogens (tertiary/aromatic N) is 1. The fourth-order valence-corrected chi connectivity index (χ4v) is 4.79. The van der Waals surface area contributed by atoms with Crippen molar-refractivity contribution in [1.29, 1.82) is 5.26 Å². The topological polar surface area (TPSA) is 82.4 Å². The predicted molar refractivity (Wildman–Crippen MR) is 124 cm³/mol. The lowest BCUT2D eigenvalue weighted by Gasteiger charge is -2.20. The zero-order valence-corrected chi connectivity index (χ0v) is 19.4. The highest BCUT2D eigenvalue weighted by Crippen LogP contribution is 2.37. The van der Waals surface area contributed by atoms with Gasteiger partial charge in [0.05, 0.1) is 12.1 Å². The number of nitrogens with two attached hydrogens (primary N) is 1. The monoisotopic (exact) mass is 498 g/mol. The van der Waals surface area contributed by atoms with Crippen LogP contribution in [0, 0.1) is 11.3 Å². The largest absolute Gasteiger partial charge is 0.496 e. The van der Waals surface area contributed by atoms with Crippen molar-refractivity contribution in [2.45, 2.75) is 32.3 Å². The van der Waals surface area contributed by atoms with Gasteiger partial charge in [0.15, 0.2) is 0 Å². The molecule has 3 aromatic rings. The van der Waals surface area contributed by atoms with E-state index in [0.717, 1.165) is 52.5 Å². The Bertz CT molecular complexity index is 1190. The van der Waals surface area contributed by atoms with E-state index in [4.69, 9.17) is 26.8 Å². The molecule has 0 saturated carbocycles. The number of aromatic nitrogens is 1. The number of nitrogen functional groups attached to an aromatic ring is 1. The molecule has 0 radical (unpaired) electrons. The quantitative estimate of drug-likeness (QED) is 0.502. The van der Waals surface area contributed by atoms with Crippen molar-refractivity contribution in [3.05, 3.63) is 68.3 Å². The summed E-state index contributed by atoms with van der Waals surface area (Å²) < 4.78 is 12.4. The SMILES string of the molecule is COc1ccc(-c2c(C#N)c(N)[nH+]c3c2CCCC3)cc1COc1ccc(Br)cc1Cl. The fraction of sp³-hybridized carbons (Fsp3) is 0.250. The third kappa shape index (κ3) is 4.34. The summed E-state index contributed by atoms with van der Waals surface area (Å²) in [5.74, 6) is 1.71.